The Morgan fingerprint density at radius 1 is 1.00 bits per heavy atom. The van der Waals surface area contributed by atoms with Crippen LogP contribution in [-0.2, 0) is 20.9 Å². The second kappa shape index (κ2) is 12.4. The highest BCUT2D eigenvalue weighted by molar-refractivity contribution is 5.96. The molecule has 3 rings (SSSR count). The van der Waals surface area contributed by atoms with Gasteiger partial charge in [-0.05, 0) is 42.7 Å². The summed E-state index contributed by atoms with van der Waals surface area (Å²) in [5.41, 5.74) is 6.25. The summed E-state index contributed by atoms with van der Waals surface area (Å²) in [7, 11) is 0. The lowest BCUT2D eigenvalue weighted by Crippen LogP contribution is -2.45. The van der Waals surface area contributed by atoms with E-state index in [9.17, 15) is 19.2 Å². The molecule has 1 aliphatic heterocycles. The number of likely N-dealkylation sites (tertiary alicyclic amines) is 1. The van der Waals surface area contributed by atoms with Gasteiger partial charge in [-0.15, -0.1) is 0 Å². The molecular weight excluding hydrogens is 436 g/mol. The van der Waals surface area contributed by atoms with Crippen molar-refractivity contribution < 1.29 is 23.9 Å². The van der Waals surface area contributed by atoms with Crippen LogP contribution in [-0.4, -0.2) is 54.8 Å². The predicted molar refractivity (Wildman–Crippen MR) is 126 cm³/mol. The van der Waals surface area contributed by atoms with Crippen LogP contribution in [0.1, 0.15) is 35.2 Å². The van der Waals surface area contributed by atoms with Crippen LogP contribution in [0.2, 0.25) is 0 Å². The number of nitrogens with zero attached hydrogens (tertiary/aromatic N) is 1. The zero-order valence-electron chi connectivity index (χ0n) is 19.0. The van der Waals surface area contributed by atoms with Crippen LogP contribution >= 0.6 is 0 Å². The fourth-order valence-electron chi connectivity index (χ4n) is 3.73. The number of amides is 4. The third kappa shape index (κ3) is 7.61. The average Bonchev–Trinajstić information content (AvgIpc) is 2.86. The SMILES string of the molecule is NC(=O)CNC(=O)c1ccc(CNC(=O)C2CCCN(C(=O)CCOc3ccccc3)C2)cc1. The highest BCUT2D eigenvalue weighted by atomic mass is 16.5. The first kappa shape index (κ1) is 24.8. The summed E-state index contributed by atoms with van der Waals surface area (Å²) >= 11 is 0. The van der Waals surface area contributed by atoms with Gasteiger partial charge in [0.15, 0.2) is 0 Å². The van der Waals surface area contributed by atoms with E-state index in [4.69, 9.17) is 10.5 Å². The number of piperidine rings is 1. The molecule has 0 bridgehead atoms. The number of hydrogen-bond donors (Lipinski definition) is 3. The third-order valence-electron chi connectivity index (χ3n) is 5.58. The van der Waals surface area contributed by atoms with Gasteiger partial charge < -0.3 is 26.0 Å². The zero-order valence-corrected chi connectivity index (χ0v) is 19.0. The Morgan fingerprint density at radius 3 is 2.44 bits per heavy atom. The van der Waals surface area contributed by atoms with E-state index < -0.39 is 11.8 Å². The maximum atomic E-state index is 12.7. The number of hydrogen-bond acceptors (Lipinski definition) is 5. The molecule has 1 fully saturated rings. The maximum Gasteiger partial charge on any atom is 0.251 e. The summed E-state index contributed by atoms with van der Waals surface area (Å²) in [5.74, 6) is -0.649. The Labute approximate surface area is 198 Å². The number of carbonyl (C=O) groups is 4. The molecule has 1 aliphatic rings. The molecule has 2 aromatic rings. The molecule has 1 unspecified atom stereocenters. The van der Waals surface area contributed by atoms with E-state index in [2.05, 4.69) is 10.6 Å². The average molecular weight is 467 g/mol. The van der Waals surface area contributed by atoms with Crippen molar-refractivity contribution in [1.82, 2.24) is 15.5 Å². The molecular formula is C25H30N4O5. The predicted octanol–water partition coefficient (Wildman–Crippen LogP) is 1.23. The topological polar surface area (TPSA) is 131 Å². The summed E-state index contributed by atoms with van der Waals surface area (Å²) in [6.07, 6.45) is 1.77. The van der Waals surface area contributed by atoms with E-state index in [1.165, 1.54) is 0 Å². The van der Waals surface area contributed by atoms with Gasteiger partial charge in [0.25, 0.3) is 5.91 Å². The first-order chi connectivity index (χ1) is 16.4. The molecule has 9 heteroatoms. The lowest BCUT2D eigenvalue weighted by atomic mass is 9.96. The van der Waals surface area contributed by atoms with Gasteiger partial charge in [-0.2, -0.15) is 0 Å². The molecule has 4 N–H and O–H groups in total. The van der Waals surface area contributed by atoms with E-state index in [-0.39, 0.29) is 30.7 Å². The molecule has 0 saturated carbocycles. The number of nitrogens with one attached hydrogen (secondary N) is 2. The lowest BCUT2D eigenvalue weighted by molar-refractivity contribution is -0.136. The van der Waals surface area contributed by atoms with Gasteiger partial charge in [-0.1, -0.05) is 30.3 Å². The molecule has 180 valence electrons. The number of benzene rings is 2. The number of primary amides is 1. The molecule has 1 heterocycles. The van der Waals surface area contributed by atoms with Crippen LogP contribution in [0.4, 0.5) is 0 Å². The quantitative estimate of drug-likeness (QED) is 0.485. The molecule has 9 nitrogen and oxygen atoms in total. The van der Waals surface area contributed by atoms with E-state index in [1.54, 1.807) is 29.2 Å². The second-order valence-corrected chi connectivity index (χ2v) is 8.15. The van der Waals surface area contributed by atoms with Crippen molar-refractivity contribution in [2.45, 2.75) is 25.8 Å². The minimum atomic E-state index is -0.615. The standard InChI is InChI=1S/C25H30N4O5/c26-22(30)16-28-24(32)19-10-8-18(9-11-19)15-27-25(33)20-5-4-13-29(17-20)23(31)12-14-34-21-6-2-1-3-7-21/h1-3,6-11,20H,4-5,12-17H2,(H2,26,30)(H,27,33)(H,28,32). The normalized spacial score (nSPS) is 15.3. The van der Waals surface area contributed by atoms with Gasteiger partial charge in [-0.3, -0.25) is 19.2 Å². The molecule has 34 heavy (non-hydrogen) atoms. The van der Waals surface area contributed by atoms with E-state index in [0.717, 1.165) is 24.2 Å². The first-order valence-electron chi connectivity index (χ1n) is 11.3. The molecule has 0 spiro atoms. The van der Waals surface area contributed by atoms with Crippen molar-refractivity contribution in [2.24, 2.45) is 11.7 Å². The molecule has 0 aliphatic carbocycles. The van der Waals surface area contributed by atoms with Gasteiger partial charge in [-0.25, -0.2) is 0 Å². The zero-order chi connectivity index (χ0) is 24.3. The van der Waals surface area contributed by atoms with Crippen LogP contribution in [0.15, 0.2) is 54.6 Å². The van der Waals surface area contributed by atoms with Crippen molar-refractivity contribution >= 4 is 23.6 Å². The molecule has 0 aromatic heterocycles. The molecule has 0 radical (unpaired) electrons. The molecule has 2 aromatic carbocycles. The van der Waals surface area contributed by atoms with E-state index in [1.807, 2.05) is 30.3 Å². The monoisotopic (exact) mass is 466 g/mol. The lowest BCUT2D eigenvalue weighted by Gasteiger charge is -2.32. The van der Waals surface area contributed by atoms with Crippen molar-refractivity contribution in [3.05, 3.63) is 65.7 Å². The summed E-state index contributed by atoms with van der Waals surface area (Å²) in [4.78, 5) is 49.7. The number of ether oxygens (including phenoxy) is 1. The van der Waals surface area contributed by atoms with Crippen LogP contribution in [0.5, 0.6) is 5.75 Å². The Morgan fingerprint density at radius 2 is 1.74 bits per heavy atom. The van der Waals surface area contributed by atoms with Crippen LogP contribution < -0.4 is 21.1 Å². The summed E-state index contributed by atoms with van der Waals surface area (Å²) in [6.45, 7) is 1.43. The first-order valence-corrected chi connectivity index (χ1v) is 11.3. The minimum absolute atomic E-state index is 0.0152. The van der Waals surface area contributed by atoms with E-state index in [0.29, 0.717) is 31.8 Å². The third-order valence-corrected chi connectivity index (χ3v) is 5.58. The summed E-state index contributed by atoms with van der Waals surface area (Å²) in [6, 6.07) is 16.1. The number of carbonyl (C=O) groups excluding carboxylic acids is 4. The van der Waals surface area contributed by atoms with Gasteiger partial charge >= 0.3 is 0 Å². The second-order valence-electron chi connectivity index (χ2n) is 8.15. The Kier molecular flexibility index (Phi) is 9.02. The summed E-state index contributed by atoms with van der Waals surface area (Å²) < 4.78 is 5.60. The largest absolute Gasteiger partial charge is 0.493 e. The van der Waals surface area contributed by atoms with Crippen LogP contribution in [0.25, 0.3) is 0 Å². The van der Waals surface area contributed by atoms with Crippen LogP contribution in [0, 0.1) is 5.92 Å². The van der Waals surface area contributed by atoms with Gasteiger partial charge in [0.05, 0.1) is 25.5 Å². The highest BCUT2D eigenvalue weighted by Crippen LogP contribution is 2.18. The maximum absolute atomic E-state index is 12.7. The van der Waals surface area contributed by atoms with Gasteiger partial charge in [0.1, 0.15) is 5.75 Å². The fourth-order valence-corrected chi connectivity index (χ4v) is 3.73. The van der Waals surface area contributed by atoms with Crippen molar-refractivity contribution in [2.75, 3.05) is 26.2 Å². The van der Waals surface area contributed by atoms with E-state index >= 15 is 0 Å². The van der Waals surface area contributed by atoms with Gasteiger partial charge in [0, 0.05) is 25.2 Å². The fraction of sp³-hybridized carbons (Fsp3) is 0.360. The van der Waals surface area contributed by atoms with Crippen LogP contribution in [0.3, 0.4) is 0 Å². The Hall–Kier alpha value is -3.88. The van der Waals surface area contributed by atoms with Crippen molar-refractivity contribution in [3.63, 3.8) is 0 Å². The molecule has 1 saturated heterocycles. The Bertz CT molecular complexity index is 994. The number of rotatable bonds is 10. The Balaban J connectivity index is 1.41. The summed E-state index contributed by atoms with van der Waals surface area (Å²) in [5, 5.41) is 5.34. The molecule has 1 atom stereocenters. The number of nitrogens with two attached hydrogens (primary N) is 1. The minimum Gasteiger partial charge on any atom is -0.493 e. The smallest absolute Gasteiger partial charge is 0.251 e. The van der Waals surface area contributed by atoms with Gasteiger partial charge in [0.2, 0.25) is 17.7 Å². The highest BCUT2D eigenvalue weighted by Gasteiger charge is 2.28. The number of para-hydroxylation sites is 1. The van der Waals surface area contributed by atoms with Crippen molar-refractivity contribution in [1.29, 1.82) is 0 Å². The van der Waals surface area contributed by atoms with Crippen molar-refractivity contribution in [3.8, 4) is 5.75 Å². The molecule has 4 amide bonds.